The molecule has 402 valence electrons. The fourth-order valence-corrected chi connectivity index (χ4v) is 10.3. The van der Waals surface area contributed by atoms with Crippen molar-refractivity contribution in [1.82, 2.24) is 35.5 Å². The number of unbranched alkanes of at least 4 members (excludes halogenated alkanes) is 1. The summed E-state index contributed by atoms with van der Waals surface area (Å²) >= 11 is 12.7. The second-order valence-electron chi connectivity index (χ2n) is 16.7. The van der Waals surface area contributed by atoms with E-state index in [0.717, 1.165) is 59.5 Å². The number of ether oxygens (including phenoxy) is 3. The molecule has 3 heterocycles. The Morgan fingerprint density at radius 2 is 1.45 bits per heavy atom. The van der Waals surface area contributed by atoms with E-state index >= 15 is 0 Å². The minimum Gasteiger partial charge on any atom is -0.466 e. The number of hydrogen-bond acceptors (Lipinski definition) is 16. The number of aryl methyl sites for hydroxylation is 1. The maximum absolute atomic E-state index is 12.9. The van der Waals surface area contributed by atoms with E-state index in [-0.39, 0.29) is 36.2 Å². The molecule has 7 aromatic rings. The molecule has 2 aromatic heterocycles. The first kappa shape index (κ1) is 58.4. The van der Waals surface area contributed by atoms with E-state index in [0.29, 0.717) is 63.9 Å². The minimum absolute atomic E-state index is 0.0233. The van der Waals surface area contributed by atoms with Gasteiger partial charge in [-0.25, -0.2) is 14.6 Å². The highest BCUT2D eigenvalue weighted by Gasteiger charge is 2.39. The number of tetrazole rings is 1. The lowest BCUT2D eigenvalue weighted by atomic mass is 9.80. The molecule has 8 rings (SSSR count). The van der Waals surface area contributed by atoms with E-state index in [1.165, 1.54) is 31.4 Å². The predicted octanol–water partition coefficient (Wildman–Crippen LogP) is 7.87. The zero-order valence-corrected chi connectivity index (χ0v) is 44.9. The zero-order valence-electron chi connectivity index (χ0n) is 41.7. The van der Waals surface area contributed by atoms with Gasteiger partial charge in [-0.3, -0.25) is 9.11 Å². The van der Waals surface area contributed by atoms with Gasteiger partial charge in [0.25, 0.3) is 20.2 Å². The van der Waals surface area contributed by atoms with Gasteiger partial charge >= 0.3 is 11.9 Å². The Labute approximate surface area is 449 Å². The molecule has 5 aromatic carbocycles. The normalized spacial score (nSPS) is 13.6. The molecule has 76 heavy (non-hydrogen) atoms. The molecule has 1 atom stereocenters. The van der Waals surface area contributed by atoms with Crippen LogP contribution < -0.4 is 11.1 Å². The molecule has 0 radical (unpaired) electrons. The van der Waals surface area contributed by atoms with Crippen molar-refractivity contribution in [2.45, 2.75) is 68.9 Å². The number of nitrogens with one attached hydrogen (secondary N) is 2. The summed E-state index contributed by atoms with van der Waals surface area (Å²) in [5, 5.41) is 28.1. The topological polar surface area (TPSA) is 301 Å². The number of aliphatic hydroxyl groups excluding tert-OH is 1. The van der Waals surface area contributed by atoms with Gasteiger partial charge in [0.2, 0.25) is 5.82 Å². The van der Waals surface area contributed by atoms with Crippen LogP contribution in [-0.4, -0.2) is 107 Å². The lowest BCUT2D eigenvalue weighted by molar-refractivity contribution is -0.139. The number of allylic oxidation sites excluding steroid dienone is 1. The van der Waals surface area contributed by atoms with Crippen LogP contribution in [0.15, 0.2) is 142 Å². The van der Waals surface area contributed by atoms with Crippen LogP contribution in [0.4, 0.5) is 0 Å². The number of esters is 2. The van der Waals surface area contributed by atoms with Crippen LogP contribution in [0.25, 0.3) is 33.3 Å². The number of aromatic amines is 1. The van der Waals surface area contributed by atoms with Crippen LogP contribution >= 0.6 is 23.2 Å². The molecular formula is C52H56Cl2N8O12S2. The maximum Gasteiger partial charge on any atom is 0.336 e. The summed E-state index contributed by atoms with van der Waals surface area (Å²) in [7, 11) is -7.64. The van der Waals surface area contributed by atoms with Gasteiger partial charge in [-0.2, -0.15) is 22.0 Å². The third kappa shape index (κ3) is 14.1. The first-order chi connectivity index (χ1) is 36.4. The molecule has 0 bridgehead atoms. The summed E-state index contributed by atoms with van der Waals surface area (Å²) in [6.07, 6.45) is 2.95. The molecular weight excluding hydrogens is 1060 g/mol. The highest BCUT2D eigenvalue weighted by Crippen LogP contribution is 2.42. The molecule has 20 nitrogen and oxygen atoms in total. The lowest BCUT2D eigenvalue weighted by Crippen LogP contribution is -2.35. The highest BCUT2D eigenvalue weighted by molar-refractivity contribution is 7.86. The van der Waals surface area contributed by atoms with Crippen molar-refractivity contribution in [3.8, 4) is 22.5 Å². The average Bonchev–Trinajstić information content (AvgIpc) is 4.07. The second-order valence-corrected chi connectivity index (χ2v) is 20.3. The Morgan fingerprint density at radius 3 is 2.00 bits per heavy atom. The Bertz CT molecular complexity index is 3390. The van der Waals surface area contributed by atoms with Crippen molar-refractivity contribution in [3.05, 3.63) is 165 Å². The smallest absolute Gasteiger partial charge is 0.336 e. The Balaban J connectivity index is 0.000000191. The zero-order chi connectivity index (χ0) is 55.2. The number of carbonyl (C=O) groups is 2. The number of imidazole rings is 1. The van der Waals surface area contributed by atoms with Gasteiger partial charge < -0.3 is 34.9 Å². The molecule has 0 aliphatic carbocycles. The molecule has 0 spiro atoms. The number of nitrogens with zero attached hydrogens (tertiary/aromatic N) is 5. The number of benzene rings is 5. The van der Waals surface area contributed by atoms with E-state index in [9.17, 15) is 31.5 Å². The Hall–Kier alpha value is -6.86. The Morgan fingerprint density at radius 1 is 0.816 bits per heavy atom. The number of H-pyrrole nitrogens is 1. The summed E-state index contributed by atoms with van der Waals surface area (Å²) in [5.74, 6) is -0.384. The number of rotatable bonds is 18. The summed E-state index contributed by atoms with van der Waals surface area (Å²) < 4.78 is 80.5. The van der Waals surface area contributed by atoms with Crippen LogP contribution in [0.2, 0.25) is 10.2 Å². The van der Waals surface area contributed by atoms with Gasteiger partial charge in [-0.1, -0.05) is 128 Å². The highest BCUT2D eigenvalue weighted by atomic mass is 35.5. The van der Waals surface area contributed by atoms with Crippen LogP contribution in [0.5, 0.6) is 0 Å². The first-order valence-electron chi connectivity index (χ1n) is 23.6. The van der Waals surface area contributed by atoms with Gasteiger partial charge in [0.05, 0.1) is 62.0 Å². The fraction of sp³-hybridized carbons (Fsp3) is 0.269. The van der Waals surface area contributed by atoms with E-state index in [1.54, 1.807) is 38.1 Å². The van der Waals surface area contributed by atoms with Crippen molar-refractivity contribution in [1.29, 1.82) is 0 Å². The number of nitrogens with two attached hydrogens (primary N) is 1. The van der Waals surface area contributed by atoms with Crippen LogP contribution in [0.1, 0.15) is 62.2 Å². The van der Waals surface area contributed by atoms with Crippen LogP contribution in [0.3, 0.4) is 0 Å². The second kappa shape index (κ2) is 26.8. The van der Waals surface area contributed by atoms with Gasteiger partial charge in [-0.15, -0.1) is 10.2 Å². The van der Waals surface area contributed by atoms with Crippen LogP contribution in [-0.2, 0) is 63.6 Å². The Kier molecular flexibility index (Phi) is 20.6. The third-order valence-corrected chi connectivity index (χ3v) is 14.3. The van der Waals surface area contributed by atoms with E-state index < -0.39 is 47.9 Å². The SMILES string of the molecule is CCCCc1nc(Cl)c(CO)n1Cc1ccc(-c2ccccc2-c2nn[nH]n2)cc1.CCOC(=O)C1=C(COCCN)NC(C)=C(C(=O)OC)C1c1ccccc1Cl.O=S(=O)(O)c1cccc2c(S(=O)(=O)O)cccc12. The maximum atomic E-state index is 12.9. The molecule has 1 aliphatic rings. The molecule has 24 heteroatoms. The molecule has 1 aliphatic heterocycles. The van der Waals surface area contributed by atoms with Crippen LogP contribution in [0, 0.1) is 0 Å². The summed E-state index contributed by atoms with van der Waals surface area (Å²) in [5.41, 5.74) is 12.5. The first-order valence-corrected chi connectivity index (χ1v) is 27.2. The molecule has 0 saturated heterocycles. The van der Waals surface area contributed by atoms with E-state index in [1.807, 2.05) is 28.8 Å². The number of methoxy groups -OCH3 is 1. The average molecular weight is 1120 g/mol. The van der Waals surface area contributed by atoms with E-state index in [2.05, 4.69) is 62.1 Å². The lowest BCUT2D eigenvalue weighted by Gasteiger charge is -2.31. The third-order valence-electron chi connectivity index (χ3n) is 11.8. The largest absolute Gasteiger partial charge is 0.466 e. The monoisotopic (exact) mass is 1120 g/mol. The minimum atomic E-state index is -4.47. The number of carbonyl (C=O) groups excluding carboxylic acids is 2. The van der Waals surface area contributed by atoms with Gasteiger partial charge in [0.15, 0.2) is 5.15 Å². The number of hydrogen-bond donors (Lipinski definition) is 6. The van der Waals surface area contributed by atoms with Gasteiger partial charge in [-0.05, 0) is 65.9 Å². The molecule has 0 saturated carbocycles. The van der Waals surface area contributed by atoms with E-state index in [4.69, 9.17) is 52.3 Å². The number of aromatic nitrogens is 6. The number of halogens is 2. The fourth-order valence-electron chi connectivity index (χ4n) is 8.37. The van der Waals surface area contributed by atoms with Gasteiger partial charge in [0, 0.05) is 46.6 Å². The summed E-state index contributed by atoms with van der Waals surface area (Å²) in [6.45, 7) is 7.04. The number of fused-ring (bicyclic) bond motifs is 1. The van der Waals surface area contributed by atoms with Crippen molar-refractivity contribution in [3.63, 3.8) is 0 Å². The van der Waals surface area contributed by atoms with Crippen molar-refractivity contribution in [2.24, 2.45) is 5.73 Å². The summed E-state index contributed by atoms with van der Waals surface area (Å²) in [6, 6.07) is 30.9. The molecule has 0 fully saturated rings. The van der Waals surface area contributed by atoms with Crippen molar-refractivity contribution >= 4 is 66.1 Å². The number of aliphatic hydroxyl groups is 1. The molecule has 1 unspecified atom stereocenters. The molecule has 0 amide bonds. The van der Waals surface area contributed by atoms with Gasteiger partial charge in [0.1, 0.15) is 15.6 Å². The van der Waals surface area contributed by atoms with Crippen molar-refractivity contribution in [2.75, 3.05) is 33.5 Å². The predicted molar refractivity (Wildman–Crippen MR) is 285 cm³/mol. The van der Waals surface area contributed by atoms with Crippen molar-refractivity contribution < 1.29 is 54.8 Å². The quantitative estimate of drug-likeness (QED) is 0.0270. The number of dihydropyridines is 1. The summed E-state index contributed by atoms with van der Waals surface area (Å²) in [4.78, 5) is 29.1. The standard InChI is InChI=1S/C22H23ClN6O.C20H25ClN2O5.C10H8O6S2/c1-2-3-8-20-24-21(23)19(14-30)29(20)13-15-9-11-16(12-10-15)17-6-4-5-7-18(17)22-25-27-28-26-22;1-4-28-20(25)18-15(11-27-10-9-22)23-12(2)16(19(24)26-3)17(18)13-7-5-6-8-14(13)21;11-17(12,13)9-5-1-3-7-8(9)4-2-6-10(7)18(14,15)16/h4-7,9-12,30H,2-3,8,13-14H2,1H3,(H,25,26,27,28);5-8,17,23H,4,9-11,22H2,1-3H3;1-6H,(H,11,12,13)(H,14,15,16). The molecule has 7 N–H and O–H groups in total.